The number of rotatable bonds is 6. The van der Waals surface area contributed by atoms with Crippen molar-refractivity contribution in [3.05, 3.63) is 23.7 Å². The van der Waals surface area contributed by atoms with Gasteiger partial charge in [-0.05, 0) is 45.7 Å². The Bertz CT molecular complexity index is 875. The van der Waals surface area contributed by atoms with Crippen molar-refractivity contribution in [2.75, 3.05) is 57.4 Å². The Kier molecular flexibility index (Phi) is 6.74. The average Bonchev–Trinajstić information content (AvgIpc) is 2.78. The second-order valence-corrected chi connectivity index (χ2v) is 8.29. The third-order valence-electron chi connectivity index (χ3n) is 6.20. The van der Waals surface area contributed by atoms with E-state index in [9.17, 15) is 4.79 Å². The Morgan fingerprint density at radius 3 is 2.63 bits per heavy atom. The lowest BCUT2D eigenvalue weighted by atomic mass is 9.95. The maximum atomic E-state index is 12.5. The molecule has 0 bridgehead atoms. The quantitative estimate of drug-likeness (QED) is 0.723. The molecule has 2 aromatic rings. The molecule has 4 rings (SSSR count). The molecule has 8 heteroatoms. The lowest BCUT2D eigenvalue weighted by Crippen LogP contribution is -2.42. The molecule has 0 saturated carbocycles. The molecule has 8 nitrogen and oxygen atoms in total. The molecular formula is C22H32N6O2. The zero-order valence-electron chi connectivity index (χ0n) is 18.1. The van der Waals surface area contributed by atoms with E-state index in [1.54, 1.807) is 0 Å². The number of aromatic nitrogens is 3. The Morgan fingerprint density at radius 2 is 1.87 bits per heavy atom. The van der Waals surface area contributed by atoms with Gasteiger partial charge >= 0.3 is 0 Å². The minimum atomic E-state index is 0.0998. The summed E-state index contributed by atoms with van der Waals surface area (Å²) in [5, 5.41) is 3.14. The van der Waals surface area contributed by atoms with Crippen LogP contribution in [0.4, 0.5) is 5.69 Å². The fourth-order valence-corrected chi connectivity index (χ4v) is 4.16. The van der Waals surface area contributed by atoms with E-state index in [1.165, 1.54) is 0 Å². The molecule has 2 fully saturated rings. The molecule has 30 heavy (non-hydrogen) atoms. The average molecular weight is 413 g/mol. The fourth-order valence-electron chi connectivity index (χ4n) is 4.16. The number of morpholine rings is 1. The number of fused-ring (bicyclic) bond motifs is 1. The number of pyridine rings is 1. The van der Waals surface area contributed by atoms with Gasteiger partial charge in [-0.25, -0.2) is 15.0 Å². The number of nitrogens with zero attached hydrogens (tertiary/aromatic N) is 5. The number of ether oxygens (including phenoxy) is 1. The van der Waals surface area contributed by atoms with Crippen molar-refractivity contribution in [3.8, 4) is 0 Å². The molecule has 4 heterocycles. The first kappa shape index (κ1) is 20.9. The summed E-state index contributed by atoms with van der Waals surface area (Å²) in [5.74, 6) is 0.299. The van der Waals surface area contributed by atoms with Gasteiger partial charge in [0.15, 0.2) is 5.65 Å². The van der Waals surface area contributed by atoms with E-state index in [1.807, 2.05) is 20.0 Å². The van der Waals surface area contributed by atoms with E-state index in [0.29, 0.717) is 5.65 Å². The molecule has 0 atom stereocenters. The summed E-state index contributed by atoms with van der Waals surface area (Å²) in [6.07, 6.45) is 4.60. The molecule has 0 radical (unpaired) electrons. The summed E-state index contributed by atoms with van der Waals surface area (Å²) in [7, 11) is 0. The van der Waals surface area contributed by atoms with Gasteiger partial charge < -0.3 is 15.0 Å². The minimum absolute atomic E-state index is 0.0998. The first-order valence-electron chi connectivity index (χ1n) is 11.0. The minimum Gasteiger partial charge on any atom is -0.379 e. The number of anilines is 1. The monoisotopic (exact) mass is 412 g/mol. The van der Waals surface area contributed by atoms with Crippen LogP contribution >= 0.6 is 0 Å². The Morgan fingerprint density at radius 1 is 1.13 bits per heavy atom. The van der Waals surface area contributed by atoms with Crippen LogP contribution in [0.5, 0.6) is 0 Å². The SMILES string of the molecule is Cc1nc2cc(N3CCC(C(=O)NCCCN4CCOCC4)CC3)cnc2nc1C. The number of hydrogen-bond acceptors (Lipinski definition) is 7. The number of carbonyl (C=O) groups excluding carboxylic acids is 1. The van der Waals surface area contributed by atoms with Gasteiger partial charge in [0, 0.05) is 38.6 Å². The van der Waals surface area contributed by atoms with Gasteiger partial charge in [0.25, 0.3) is 0 Å². The van der Waals surface area contributed by atoms with Gasteiger partial charge in [0.1, 0.15) is 5.52 Å². The van der Waals surface area contributed by atoms with Crippen LogP contribution in [0.2, 0.25) is 0 Å². The third kappa shape index (κ3) is 5.05. The standard InChI is InChI=1S/C22H32N6O2/c1-16-17(2)26-21-20(25-16)14-19(15-24-21)28-8-4-18(5-9-28)22(29)23-6-3-7-27-10-12-30-13-11-27/h14-15,18H,3-13H2,1-2H3,(H,23,29). The molecule has 2 aliphatic heterocycles. The first-order valence-corrected chi connectivity index (χ1v) is 11.0. The predicted octanol–water partition coefficient (Wildman–Crippen LogP) is 1.70. The molecule has 2 aromatic heterocycles. The van der Waals surface area contributed by atoms with Gasteiger partial charge in [0.2, 0.25) is 5.91 Å². The molecule has 2 saturated heterocycles. The second kappa shape index (κ2) is 9.66. The van der Waals surface area contributed by atoms with E-state index in [2.05, 4.69) is 36.1 Å². The molecule has 0 unspecified atom stereocenters. The van der Waals surface area contributed by atoms with Crippen LogP contribution in [0, 0.1) is 19.8 Å². The fraction of sp³-hybridized carbons (Fsp3) is 0.636. The van der Waals surface area contributed by atoms with Crippen LogP contribution in [-0.2, 0) is 9.53 Å². The molecular weight excluding hydrogens is 380 g/mol. The van der Waals surface area contributed by atoms with Crippen LogP contribution < -0.4 is 10.2 Å². The highest BCUT2D eigenvalue weighted by Gasteiger charge is 2.25. The summed E-state index contributed by atoms with van der Waals surface area (Å²) >= 11 is 0. The maximum absolute atomic E-state index is 12.5. The molecule has 0 aliphatic carbocycles. The lowest BCUT2D eigenvalue weighted by Gasteiger charge is -2.33. The number of hydrogen-bond donors (Lipinski definition) is 1. The van der Waals surface area contributed by atoms with E-state index in [0.717, 1.165) is 94.3 Å². The first-order chi connectivity index (χ1) is 14.6. The van der Waals surface area contributed by atoms with Crippen molar-refractivity contribution in [2.24, 2.45) is 5.92 Å². The summed E-state index contributed by atoms with van der Waals surface area (Å²) in [5.41, 5.74) is 4.43. The van der Waals surface area contributed by atoms with Gasteiger partial charge in [-0.15, -0.1) is 0 Å². The van der Waals surface area contributed by atoms with Crippen LogP contribution in [0.15, 0.2) is 12.3 Å². The number of carbonyl (C=O) groups is 1. The molecule has 1 amide bonds. The third-order valence-corrected chi connectivity index (χ3v) is 6.20. The largest absolute Gasteiger partial charge is 0.379 e. The van der Waals surface area contributed by atoms with E-state index in [-0.39, 0.29) is 11.8 Å². The summed E-state index contributed by atoms with van der Waals surface area (Å²) < 4.78 is 5.37. The Labute approximate surface area is 178 Å². The molecule has 0 aromatic carbocycles. The Hall–Kier alpha value is -2.32. The lowest BCUT2D eigenvalue weighted by molar-refractivity contribution is -0.125. The highest BCUT2D eigenvalue weighted by atomic mass is 16.5. The van der Waals surface area contributed by atoms with Crippen LogP contribution in [0.3, 0.4) is 0 Å². The molecule has 1 N–H and O–H groups in total. The maximum Gasteiger partial charge on any atom is 0.223 e. The van der Waals surface area contributed by atoms with E-state index >= 15 is 0 Å². The number of aryl methyl sites for hydroxylation is 2. The summed E-state index contributed by atoms with van der Waals surface area (Å²) in [6.45, 7) is 11.1. The highest BCUT2D eigenvalue weighted by molar-refractivity contribution is 5.79. The van der Waals surface area contributed by atoms with E-state index < -0.39 is 0 Å². The second-order valence-electron chi connectivity index (χ2n) is 8.29. The van der Waals surface area contributed by atoms with Crippen molar-refractivity contribution in [3.63, 3.8) is 0 Å². The Balaban J connectivity index is 1.23. The van der Waals surface area contributed by atoms with Crippen molar-refractivity contribution < 1.29 is 9.53 Å². The molecule has 2 aliphatic rings. The van der Waals surface area contributed by atoms with Gasteiger partial charge in [-0.1, -0.05) is 0 Å². The molecule has 162 valence electrons. The van der Waals surface area contributed by atoms with Crippen LogP contribution in [-0.4, -0.2) is 78.2 Å². The van der Waals surface area contributed by atoms with Crippen molar-refractivity contribution in [2.45, 2.75) is 33.1 Å². The predicted molar refractivity (Wildman–Crippen MR) is 117 cm³/mol. The zero-order chi connectivity index (χ0) is 20.9. The summed E-state index contributed by atoms with van der Waals surface area (Å²) in [4.78, 5) is 30.9. The number of nitrogens with one attached hydrogen (secondary N) is 1. The van der Waals surface area contributed by atoms with E-state index in [4.69, 9.17) is 4.74 Å². The van der Waals surface area contributed by atoms with Gasteiger partial charge in [0.05, 0.1) is 36.5 Å². The van der Waals surface area contributed by atoms with Crippen molar-refractivity contribution in [1.29, 1.82) is 0 Å². The molecule has 0 spiro atoms. The number of piperidine rings is 1. The summed E-state index contributed by atoms with van der Waals surface area (Å²) in [6, 6.07) is 2.06. The van der Waals surface area contributed by atoms with Crippen LogP contribution in [0.25, 0.3) is 11.2 Å². The van der Waals surface area contributed by atoms with Gasteiger partial charge in [-0.2, -0.15) is 0 Å². The van der Waals surface area contributed by atoms with Crippen molar-refractivity contribution in [1.82, 2.24) is 25.2 Å². The van der Waals surface area contributed by atoms with Crippen molar-refractivity contribution >= 4 is 22.8 Å². The topological polar surface area (TPSA) is 83.5 Å². The zero-order valence-corrected chi connectivity index (χ0v) is 18.1. The normalized spacial score (nSPS) is 18.7. The van der Waals surface area contributed by atoms with Crippen LogP contribution in [0.1, 0.15) is 30.7 Å². The highest BCUT2D eigenvalue weighted by Crippen LogP contribution is 2.25. The van der Waals surface area contributed by atoms with Gasteiger partial charge in [-0.3, -0.25) is 9.69 Å². The number of amides is 1. The smallest absolute Gasteiger partial charge is 0.223 e.